The lowest BCUT2D eigenvalue weighted by Gasteiger charge is -2.58. The number of carbonyl (C=O) groups excluding carboxylic acids is 2. The van der Waals surface area contributed by atoms with Crippen molar-refractivity contribution in [2.75, 3.05) is 4.43 Å². The van der Waals surface area contributed by atoms with Crippen LogP contribution in [0.5, 0.6) is 0 Å². The summed E-state index contributed by atoms with van der Waals surface area (Å²) in [6.07, 6.45) is 30.0. The Morgan fingerprint density at radius 3 is 2.39 bits per heavy atom. The third kappa shape index (κ3) is 8.60. The SMILES string of the molecule is C[C@@H]1CC2=CC(=O)CCC2C2C1C1CC[C@H](OC(=O)CCCCCCC/C=C\C/C=C\CCCCI)[C@@]1(C)C[C@@H]2C. The number of unbranched alkanes of at least 4 members (excludes halogenated alkanes) is 7. The first kappa shape index (κ1) is 33.0. The normalized spacial score (nSPS) is 34.9. The largest absolute Gasteiger partial charge is 0.462 e. The molecule has 4 aliphatic rings. The number of ketones is 1. The highest BCUT2D eigenvalue weighted by atomic mass is 127. The molecule has 0 aliphatic heterocycles. The second kappa shape index (κ2) is 16.2. The van der Waals surface area contributed by atoms with Crippen LogP contribution < -0.4 is 0 Å². The van der Waals surface area contributed by atoms with Gasteiger partial charge in [0.2, 0.25) is 0 Å². The standard InChI is InChI=1S/C37H57IO3/c1-27-24-29-25-30(39)19-20-31(29)35-28(2)26-37(3)32(36(27)35)21-22-33(37)41-34(40)18-16-14-12-10-8-6-4-5-7-9-11-13-15-17-23-38/h4-5,9,11,25,27-28,31-33,35-36H,6-8,10,12-24,26H2,1-3H3/b5-4-,11-9-/t27-,28+,31?,32?,33+,35?,36?,37+/m1/s1. The van der Waals surface area contributed by atoms with Crippen LogP contribution in [0, 0.1) is 40.9 Å². The zero-order chi connectivity index (χ0) is 29.2. The molecule has 0 radical (unpaired) electrons. The van der Waals surface area contributed by atoms with Crippen molar-refractivity contribution >= 4 is 34.3 Å². The van der Waals surface area contributed by atoms with Crippen LogP contribution in [0.3, 0.4) is 0 Å². The first-order valence-electron chi connectivity index (χ1n) is 17.1. The van der Waals surface area contributed by atoms with Crippen LogP contribution in [-0.2, 0) is 14.3 Å². The number of carbonyl (C=O) groups is 2. The molecule has 0 spiro atoms. The van der Waals surface area contributed by atoms with E-state index in [0.29, 0.717) is 47.7 Å². The Morgan fingerprint density at radius 2 is 1.63 bits per heavy atom. The summed E-state index contributed by atoms with van der Waals surface area (Å²) in [5.74, 6) is 4.24. The van der Waals surface area contributed by atoms with E-state index >= 15 is 0 Å². The molecule has 0 aromatic heterocycles. The molecule has 0 heterocycles. The van der Waals surface area contributed by atoms with Crippen LogP contribution in [0.15, 0.2) is 36.0 Å². The molecule has 0 saturated heterocycles. The van der Waals surface area contributed by atoms with Gasteiger partial charge in [0, 0.05) is 18.3 Å². The van der Waals surface area contributed by atoms with E-state index in [1.54, 1.807) is 0 Å². The molecule has 0 aromatic rings. The number of hydrogen-bond donors (Lipinski definition) is 0. The molecule has 0 aromatic carbocycles. The van der Waals surface area contributed by atoms with Crippen molar-refractivity contribution in [3.8, 4) is 0 Å². The van der Waals surface area contributed by atoms with Crippen LogP contribution >= 0.6 is 22.6 Å². The highest BCUT2D eigenvalue weighted by molar-refractivity contribution is 14.1. The van der Waals surface area contributed by atoms with E-state index in [2.05, 4.69) is 67.7 Å². The Hall–Kier alpha value is -0.910. The van der Waals surface area contributed by atoms with Gasteiger partial charge in [-0.05, 0) is 123 Å². The Balaban J connectivity index is 1.13. The lowest BCUT2D eigenvalue weighted by Crippen LogP contribution is -2.54. The predicted molar refractivity (Wildman–Crippen MR) is 179 cm³/mol. The van der Waals surface area contributed by atoms with Crippen LogP contribution in [0.2, 0.25) is 0 Å². The van der Waals surface area contributed by atoms with Gasteiger partial charge in [-0.15, -0.1) is 0 Å². The highest BCUT2D eigenvalue weighted by Gasteiger charge is 2.60. The molecule has 4 aliphatic carbocycles. The van der Waals surface area contributed by atoms with E-state index in [9.17, 15) is 9.59 Å². The molecule has 4 heteroatoms. The molecule has 230 valence electrons. The van der Waals surface area contributed by atoms with Crippen LogP contribution in [0.25, 0.3) is 0 Å². The highest BCUT2D eigenvalue weighted by Crippen LogP contribution is 2.65. The topological polar surface area (TPSA) is 43.4 Å². The van der Waals surface area contributed by atoms with Crippen molar-refractivity contribution in [3.05, 3.63) is 36.0 Å². The van der Waals surface area contributed by atoms with E-state index in [1.165, 1.54) is 61.4 Å². The first-order chi connectivity index (χ1) is 19.8. The molecular weight excluding hydrogens is 619 g/mol. The van der Waals surface area contributed by atoms with Crippen molar-refractivity contribution in [1.82, 2.24) is 0 Å². The fraction of sp³-hybridized carbons (Fsp3) is 0.784. The van der Waals surface area contributed by atoms with Gasteiger partial charge < -0.3 is 4.74 Å². The zero-order valence-corrected chi connectivity index (χ0v) is 28.4. The van der Waals surface area contributed by atoms with Gasteiger partial charge in [-0.25, -0.2) is 0 Å². The Kier molecular flexibility index (Phi) is 13.1. The van der Waals surface area contributed by atoms with Gasteiger partial charge in [-0.3, -0.25) is 9.59 Å². The van der Waals surface area contributed by atoms with Gasteiger partial charge >= 0.3 is 5.97 Å². The molecule has 8 atom stereocenters. The maximum atomic E-state index is 12.9. The first-order valence-corrected chi connectivity index (χ1v) is 18.7. The molecule has 41 heavy (non-hydrogen) atoms. The van der Waals surface area contributed by atoms with E-state index < -0.39 is 0 Å². The second-order valence-electron chi connectivity index (χ2n) is 14.2. The summed E-state index contributed by atoms with van der Waals surface area (Å²) in [5.41, 5.74) is 1.55. The van der Waals surface area contributed by atoms with E-state index in [1.807, 2.05) is 6.08 Å². The van der Waals surface area contributed by atoms with Crippen molar-refractivity contribution < 1.29 is 14.3 Å². The predicted octanol–water partition coefficient (Wildman–Crippen LogP) is 10.4. The summed E-state index contributed by atoms with van der Waals surface area (Å²) in [7, 11) is 0. The summed E-state index contributed by atoms with van der Waals surface area (Å²) in [6.45, 7) is 7.32. The molecule has 4 rings (SSSR count). The Bertz CT molecular complexity index is 950. The van der Waals surface area contributed by atoms with Gasteiger partial charge in [-0.2, -0.15) is 0 Å². The zero-order valence-electron chi connectivity index (χ0n) is 26.3. The number of allylic oxidation sites excluding steroid dienone is 5. The minimum Gasteiger partial charge on any atom is -0.462 e. The summed E-state index contributed by atoms with van der Waals surface area (Å²) < 4.78 is 7.54. The number of halogens is 1. The van der Waals surface area contributed by atoms with Gasteiger partial charge in [0.05, 0.1) is 0 Å². The third-order valence-electron chi connectivity index (χ3n) is 11.2. The molecule has 3 saturated carbocycles. The fourth-order valence-electron chi connectivity index (χ4n) is 9.43. The average molecular weight is 677 g/mol. The Labute approximate surface area is 264 Å². The summed E-state index contributed by atoms with van der Waals surface area (Å²) >= 11 is 2.45. The lowest BCUT2D eigenvalue weighted by atomic mass is 9.47. The van der Waals surface area contributed by atoms with Gasteiger partial charge in [0.1, 0.15) is 6.10 Å². The second-order valence-corrected chi connectivity index (χ2v) is 15.3. The van der Waals surface area contributed by atoms with Gasteiger partial charge in [0.25, 0.3) is 0 Å². The van der Waals surface area contributed by atoms with E-state index in [4.69, 9.17) is 4.74 Å². The minimum atomic E-state index is 0.0321. The molecule has 4 unspecified atom stereocenters. The number of fused-ring (bicyclic) bond motifs is 5. The number of esters is 1. The van der Waals surface area contributed by atoms with Crippen molar-refractivity contribution in [2.24, 2.45) is 40.9 Å². The maximum absolute atomic E-state index is 12.9. The quantitative estimate of drug-likeness (QED) is 0.0570. The van der Waals surface area contributed by atoms with Gasteiger partial charge in [0.15, 0.2) is 5.78 Å². The molecule has 3 nitrogen and oxygen atoms in total. The van der Waals surface area contributed by atoms with Crippen LogP contribution in [-0.4, -0.2) is 22.3 Å². The number of rotatable bonds is 15. The molecule has 0 amide bonds. The fourth-order valence-corrected chi connectivity index (χ4v) is 9.97. The van der Waals surface area contributed by atoms with E-state index in [-0.39, 0.29) is 17.5 Å². The van der Waals surface area contributed by atoms with Crippen molar-refractivity contribution in [1.29, 1.82) is 0 Å². The van der Waals surface area contributed by atoms with E-state index in [0.717, 1.165) is 51.4 Å². The number of hydrogen-bond acceptors (Lipinski definition) is 3. The third-order valence-corrected chi connectivity index (χ3v) is 12.0. The lowest BCUT2D eigenvalue weighted by molar-refractivity contribution is -0.162. The smallest absolute Gasteiger partial charge is 0.306 e. The molecule has 0 bridgehead atoms. The van der Waals surface area contributed by atoms with Crippen molar-refractivity contribution in [2.45, 2.75) is 136 Å². The minimum absolute atomic E-state index is 0.0321. The Morgan fingerprint density at radius 1 is 0.927 bits per heavy atom. The number of alkyl halides is 1. The monoisotopic (exact) mass is 676 g/mol. The van der Waals surface area contributed by atoms with Crippen molar-refractivity contribution in [3.63, 3.8) is 0 Å². The summed E-state index contributed by atoms with van der Waals surface area (Å²) in [4.78, 5) is 25.1. The van der Waals surface area contributed by atoms with Crippen LogP contribution in [0.4, 0.5) is 0 Å². The van der Waals surface area contributed by atoms with Crippen LogP contribution in [0.1, 0.15) is 130 Å². The maximum Gasteiger partial charge on any atom is 0.306 e. The molecule has 3 fully saturated rings. The summed E-state index contributed by atoms with van der Waals surface area (Å²) in [5, 5.41) is 0. The summed E-state index contributed by atoms with van der Waals surface area (Å²) in [6, 6.07) is 0. The molecular formula is C37H57IO3. The number of ether oxygens (including phenoxy) is 1. The van der Waals surface area contributed by atoms with Gasteiger partial charge in [-0.1, -0.05) is 92.5 Å². The average Bonchev–Trinajstić information content (AvgIpc) is 3.25. The molecule has 0 N–H and O–H groups in total.